The van der Waals surface area contributed by atoms with Gasteiger partial charge in [0.2, 0.25) is 5.82 Å². The first-order chi connectivity index (χ1) is 10.7. The maximum Gasteiger partial charge on any atom is 1.00 e. The van der Waals surface area contributed by atoms with Crippen molar-refractivity contribution in [3.63, 3.8) is 0 Å². The van der Waals surface area contributed by atoms with Crippen LogP contribution in [0, 0.1) is 12.3 Å². The number of carbonyl (C=O) groups excluding carboxylic acids is 2. The number of amides is 1. The maximum atomic E-state index is 12.4. The standard InChI is InChI=1S/C14H17N5O4.K/c1-7-5-15-12-16-9(18-19(12)6-7)10(21)17-14(11(22)23)4-8(20)13(14,2)3;/h5-6,8,20H,4H2,1-3H3,(H,17,21)(H,22,23);/q;+1/p-1/t8-,14-;/m0./s1. The van der Waals surface area contributed by atoms with E-state index in [-0.39, 0.29) is 69.4 Å². The van der Waals surface area contributed by atoms with Crippen molar-refractivity contribution in [2.24, 2.45) is 5.41 Å². The van der Waals surface area contributed by atoms with Gasteiger partial charge in [0.1, 0.15) is 0 Å². The quantitative estimate of drug-likeness (QED) is 0.529. The molecule has 2 atom stereocenters. The predicted octanol–water partition coefficient (Wildman–Crippen LogP) is -4.55. The Kier molecular flexibility index (Phi) is 5.20. The summed E-state index contributed by atoms with van der Waals surface area (Å²) in [6.45, 7) is 4.93. The molecule has 0 radical (unpaired) electrons. The van der Waals surface area contributed by atoms with Crippen LogP contribution >= 0.6 is 0 Å². The molecule has 1 fully saturated rings. The second-order valence-electron chi connectivity index (χ2n) is 6.40. The summed E-state index contributed by atoms with van der Waals surface area (Å²) >= 11 is 0. The molecule has 2 heterocycles. The van der Waals surface area contributed by atoms with E-state index in [9.17, 15) is 19.8 Å². The van der Waals surface area contributed by atoms with Crippen LogP contribution in [0.1, 0.15) is 36.5 Å². The summed E-state index contributed by atoms with van der Waals surface area (Å²) in [5, 5.41) is 27.8. The average molecular weight is 357 g/mol. The second kappa shape index (κ2) is 6.43. The number of carboxylic acid groups (broad SMARTS) is 1. The molecule has 10 heteroatoms. The van der Waals surface area contributed by atoms with E-state index in [0.717, 1.165) is 5.56 Å². The molecule has 0 aromatic carbocycles. The molecule has 1 amide bonds. The number of nitrogens with zero attached hydrogens (tertiary/aromatic N) is 4. The third-order valence-electron chi connectivity index (χ3n) is 4.63. The summed E-state index contributed by atoms with van der Waals surface area (Å²) in [6, 6.07) is 0. The van der Waals surface area contributed by atoms with Gasteiger partial charge in [-0.3, -0.25) is 4.79 Å². The van der Waals surface area contributed by atoms with Gasteiger partial charge < -0.3 is 20.3 Å². The first kappa shape index (κ1) is 19.4. The Morgan fingerprint density at radius 2 is 2.12 bits per heavy atom. The fourth-order valence-electron chi connectivity index (χ4n) is 2.79. The molecule has 0 bridgehead atoms. The van der Waals surface area contributed by atoms with Gasteiger partial charge in [-0.2, -0.15) is 4.98 Å². The van der Waals surface area contributed by atoms with E-state index in [0.29, 0.717) is 0 Å². The number of fused-ring (bicyclic) bond motifs is 1. The van der Waals surface area contributed by atoms with Crippen molar-refractivity contribution >= 4 is 17.7 Å². The van der Waals surface area contributed by atoms with Crippen molar-refractivity contribution < 1.29 is 71.2 Å². The molecular formula is C14H16KN5O4. The molecule has 1 aliphatic carbocycles. The molecule has 24 heavy (non-hydrogen) atoms. The third-order valence-corrected chi connectivity index (χ3v) is 4.63. The summed E-state index contributed by atoms with van der Waals surface area (Å²) in [6.07, 6.45) is 2.26. The Labute approximate surface area is 180 Å². The fraction of sp³-hybridized carbons (Fsp3) is 0.500. The molecule has 0 unspecified atom stereocenters. The molecule has 2 aromatic rings. The van der Waals surface area contributed by atoms with Crippen molar-refractivity contribution in [2.75, 3.05) is 0 Å². The summed E-state index contributed by atoms with van der Waals surface area (Å²) in [5.41, 5.74) is -1.89. The number of nitrogens with one attached hydrogen (secondary N) is 1. The van der Waals surface area contributed by atoms with Crippen molar-refractivity contribution in [1.29, 1.82) is 0 Å². The Bertz CT molecular complexity index is 821. The zero-order valence-electron chi connectivity index (χ0n) is 13.9. The largest absolute Gasteiger partial charge is 1.00 e. The van der Waals surface area contributed by atoms with E-state index >= 15 is 0 Å². The molecule has 0 aliphatic heterocycles. The van der Waals surface area contributed by atoms with E-state index < -0.39 is 28.9 Å². The van der Waals surface area contributed by atoms with E-state index in [1.54, 1.807) is 26.2 Å². The number of hydrogen-bond acceptors (Lipinski definition) is 7. The normalized spacial score (nSPS) is 24.8. The van der Waals surface area contributed by atoms with Crippen LogP contribution in [-0.4, -0.2) is 48.2 Å². The SMILES string of the molecule is Cc1cnc2nc(C(=O)N[C@]3(C(=O)[O-])C[C@H](O)C3(C)C)nn2c1.[K+]. The monoisotopic (exact) mass is 357 g/mol. The minimum absolute atomic E-state index is 0. The van der Waals surface area contributed by atoms with Gasteiger partial charge in [0, 0.05) is 24.2 Å². The van der Waals surface area contributed by atoms with Crippen LogP contribution in [0.25, 0.3) is 5.78 Å². The average Bonchev–Trinajstić information content (AvgIpc) is 2.89. The van der Waals surface area contributed by atoms with Crippen LogP contribution in [0.4, 0.5) is 0 Å². The number of aliphatic hydroxyl groups excluding tert-OH is 1. The molecule has 2 N–H and O–H groups in total. The Morgan fingerprint density at radius 1 is 1.46 bits per heavy atom. The Morgan fingerprint density at radius 3 is 2.67 bits per heavy atom. The molecular weight excluding hydrogens is 341 g/mol. The number of aromatic nitrogens is 4. The maximum absolute atomic E-state index is 12.4. The Balaban J connectivity index is 0.00000208. The van der Waals surface area contributed by atoms with Crippen LogP contribution in [0.15, 0.2) is 12.4 Å². The van der Waals surface area contributed by atoms with Gasteiger partial charge >= 0.3 is 51.4 Å². The smallest absolute Gasteiger partial charge is 0.548 e. The van der Waals surface area contributed by atoms with E-state index in [2.05, 4.69) is 20.4 Å². The van der Waals surface area contributed by atoms with Gasteiger partial charge in [0.05, 0.1) is 17.6 Å². The summed E-state index contributed by atoms with van der Waals surface area (Å²) in [4.78, 5) is 31.9. The van der Waals surface area contributed by atoms with Crippen molar-refractivity contribution in [2.45, 2.75) is 38.8 Å². The molecule has 0 saturated heterocycles. The third kappa shape index (κ3) is 2.80. The van der Waals surface area contributed by atoms with Crippen molar-refractivity contribution in [3.05, 3.63) is 23.8 Å². The van der Waals surface area contributed by atoms with Crippen LogP contribution in [0.3, 0.4) is 0 Å². The van der Waals surface area contributed by atoms with Crippen molar-refractivity contribution in [3.8, 4) is 0 Å². The van der Waals surface area contributed by atoms with Gasteiger partial charge in [0.25, 0.3) is 11.7 Å². The van der Waals surface area contributed by atoms with Gasteiger partial charge in [-0.25, -0.2) is 9.50 Å². The summed E-state index contributed by atoms with van der Waals surface area (Å²) < 4.78 is 1.34. The van der Waals surface area contributed by atoms with Crippen molar-refractivity contribution in [1.82, 2.24) is 24.9 Å². The molecule has 9 nitrogen and oxygen atoms in total. The number of aliphatic carboxylic acids is 1. The first-order valence-corrected chi connectivity index (χ1v) is 7.08. The number of aliphatic hydroxyl groups is 1. The zero-order chi connectivity index (χ0) is 17.0. The minimum atomic E-state index is -1.66. The van der Waals surface area contributed by atoms with Gasteiger partial charge in [-0.15, -0.1) is 5.10 Å². The van der Waals surface area contributed by atoms with E-state index in [1.165, 1.54) is 4.52 Å². The van der Waals surface area contributed by atoms with E-state index in [1.807, 2.05) is 6.92 Å². The zero-order valence-corrected chi connectivity index (χ0v) is 17.0. The number of carboxylic acids is 1. The summed E-state index contributed by atoms with van der Waals surface area (Å²) in [5.74, 6) is -2.16. The number of carbonyl (C=O) groups is 2. The molecule has 2 aromatic heterocycles. The van der Waals surface area contributed by atoms with Crippen LogP contribution in [-0.2, 0) is 4.79 Å². The molecule has 1 saturated carbocycles. The van der Waals surface area contributed by atoms with Crippen LogP contribution in [0.2, 0.25) is 0 Å². The second-order valence-corrected chi connectivity index (χ2v) is 6.40. The van der Waals surface area contributed by atoms with E-state index in [4.69, 9.17) is 0 Å². The fourth-order valence-corrected chi connectivity index (χ4v) is 2.79. The molecule has 122 valence electrons. The molecule has 3 rings (SSSR count). The van der Waals surface area contributed by atoms with Gasteiger partial charge in [-0.1, -0.05) is 13.8 Å². The number of rotatable bonds is 3. The van der Waals surface area contributed by atoms with Gasteiger partial charge in [0.15, 0.2) is 0 Å². The van der Waals surface area contributed by atoms with Crippen LogP contribution < -0.4 is 61.8 Å². The minimum Gasteiger partial charge on any atom is -0.548 e. The number of hydrogen-bond donors (Lipinski definition) is 2. The molecule has 1 aliphatic rings. The molecule has 0 spiro atoms. The number of aryl methyl sites for hydroxylation is 1. The van der Waals surface area contributed by atoms with Gasteiger partial charge in [-0.05, 0) is 12.5 Å². The Hall–Kier alpha value is -0.914. The van der Waals surface area contributed by atoms with Crippen LogP contribution in [0.5, 0.6) is 0 Å². The first-order valence-electron chi connectivity index (χ1n) is 7.08. The summed E-state index contributed by atoms with van der Waals surface area (Å²) in [7, 11) is 0. The predicted molar refractivity (Wildman–Crippen MR) is 75.1 cm³/mol. The topological polar surface area (TPSA) is 133 Å².